The van der Waals surface area contributed by atoms with Gasteiger partial charge < -0.3 is 0 Å². The van der Waals surface area contributed by atoms with E-state index in [1.54, 1.807) is 5.51 Å². The summed E-state index contributed by atoms with van der Waals surface area (Å²) in [5.74, 6) is 6.35. The molecule has 2 heteroatoms. The molecular weight excluding hydrogens is 214 g/mol. The molecule has 0 bridgehead atoms. The fourth-order valence-corrected chi connectivity index (χ4v) is 1.34. The Hall–Kier alpha value is -1.59. The highest BCUT2D eigenvalue weighted by Crippen LogP contribution is 2.08. The van der Waals surface area contributed by atoms with Gasteiger partial charge in [0.05, 0.1) is 5.51 Å². The number of allylic oxidation sites excluding steroid dienone is 4. The first-order valence-corrected chi connectivity index (χ1v) is 6.00. The van der Waals surface area contributed by atoms with Crippen LogP contribution in [0.4, 0.5) is 0 Å². The normalized spacial score (nSPS) is 10.2. The summed E-state index contributed by atoms with van der Waals surface area (Å²) in [6, 6.07) is 0. The lowest BCUT2D eigenvalue weighted by Crippen LogP contribution is -1.87. The van der Waals surface area contributed by atoms with Crippen LogP contribution in [-0.4, -0.2) is 4.98 Å². The summed E-state index contributed by atoms with van der Waals surface area (Å²) in [4.78, 5) is 4.07. The molecule has 1 aromatic rings. The summed E-state index contributed by atoms with van der Waals surface area (Å²) < 4.78 is 0. The molecule has 1 heterocycles. The first-order chi connectivity index (χ1) is 7.59. The average molecular weight is 229 g/mol. The molecule has 0 saturated heterocycles. The van der Waals surface area contributed by atoms with E-state index < -0.39 is 0 Å². The van der Waals surface area contributed by atoms with Crippen molar-refractivity contribution < 1.29 is 0 Å². The van der Waals surface area contributed by atoms with E-state index in [2.05, 4.69) is 43.8 Å². The van der Waals surface area contributed by atoms with E-state index in [4.69, 9.17) is 0 Å². The van der Waals surface area contributed by atoms with Crippen molar-refractivity contribution in [2.75, 3.05) is 0 Å². The van der Waals surface area contributed by atoms with Crippen LogP contribution in [0.3, 0.4) is 0 Å². The topological polar surface area (TPSA) is 12.9 Å². The molecule has 0 N–H and O–H groups in total. The lowest BCUT2D eigenvalue weighted by Gasteiger charge is -2.01. The van der Waals surface area contributed by atoms with E-state index in [9.17, 15) is 0 Å². The number of hydrogen-bond acceptors (Lipinski definition) is 2. The van der Waals surface area contributed by atoms with Crippen molar-refractivity contribution in [3.8, 4) is 11.8 Å². The Kier molecular flexibility index (Phi) is 4.75. The fraction of sp³-hybridized carbons (Fsp3) is 0.214. The second-order valence-corrected chi connectivity index (χ2v) is 4.43. The lowest BCUT2D eigenvalue weighted by atomic mass is 10.0. The van der Waals surface area contributed by atoms with Crippen molar-refractivity contribution in [3.05, 3.63) is 53.0 Å². The molecule has 1 nitrogen and oxygen atoms in total. The second-order valence-electron chi connectivity index (χ2n) is 3.71. The van der Waals surface area contributed by atoms with Crippen molar-refractivity contribution >= 4 is 11.3 Å². The van der Waals surface area contributed by atoms with Crippen molar-refractivity contribution in [1.29, 1.82) is 0 Å². The minimum Gasteiger partial charge on any atom is -0.236 e. The molecule has 0 aliphatic heterocycles. The summed E-state index contributed by atoms with van der Waals surface area (Å²) in [5.41, 5.74) is 4.41. The maximum atomic E-state index is 4.07. The zero-order valence-electron chi connectivity index (χ0n) is 9.66. The minimum absolute atomic E-state index is 0.454. The van der Waals surface area contributed by atoms with Crippen molar-refractivity contribution in [2.45, 2.75) is 13.8 Å². The van der Waals surface area contributed by atoms with Crippen LogP contribution in [0.2, 0.25) is 0 Å². The quantitative estimate of drug-likeness (QED) is 0.567. The number of nitrogens with zero attached hydrogens (tertiary/aromatic N) is 1. The molecule has 1 rings (SSSR count). The molecule has 0 aliphatic rings. The summed E-state index contributed by atoms with van der Waals surface area (Å²) >= 11 is 1.54. The molecule has 1 aromatic heterocycles. The third-order valence-electron chi connectivity index (χ3n) is 2.02. The molecule has 0 saturated carbocycles. The van der Waals surface area contributed by atoms with Crippen LogP contribution < -0.4 is 0 Å². The Labute approximate surface area is 101 Å². The van der Waals surface area contributed by atoms with Gasteiger partial charge in [-0.05, 0) is 17.9 Å². The maximum absolute atomic E-state index is 4.07. The molecule has 0 aliphatic carbocycles. The Bertz CT molecular complexity index is 453. The van der Waals surface area contributed by atoms with Gasteiger partial charge in [-0.2, -0.15) is 0 Å². The van der Waals surface area contributed by atoms with Gasteiger partial charge in [0.1, 0.15) is 5.69 Å². The largest absolute Gasteiger partial charge is 0.236 e. The van der Waals surface area contributed by atoms with Crippen LogP contribution in [0.15, 0.2) is 47.3 Å². The van der Waals surface area contributed by atoms with Gasteiger partial charge in [0.2, 0.25) is 0 Å². The number of hydrogen-bond donors (Lipinski definition) is 0. The SMILES string of the molecule is C=C(C#Cc1cscn1)/C=C\C(=C)C(C)C. The molecule has 0 spiro atoms. The summed E-state index contributed by atoms with van der Waals surface area (Å²) in [6.07, 6.45) is 3.85. The monoisotopic (exact) mass is 229 g/mol. The third-order valence-corrected chi connectivity index (χ3v) is 2.61. The first-order valence-electron chi connectivity index (χ1n) is 5.05. The zero-order valence-corrected chi connectivity index (χ0v) is 10.5. The van der Waals surface area contributed by atoms with Crippen molar-refractivity contribution in [3.63, 3.8) is 0 Å². The predicted octanol–water partition coefficient (Wildman–Crippen LogP) is 3.82. The summed E-state index contributed by atoms with van der Waals surface area (Å²) in [5, 5.41) is 1.91. The third kappa shape index (κ3) is 4.29. The Morgan fingerprint density at radius 2 is 2.19 bits per heavy atom. The molecule has 0 fully saturated rings. The van der Waals surface area contributed by atoms with Gasteiger partial charge in [-0.25, -0.2) is 4.98 Å². The van der Waals surface area contributed by atoms with Gasteiger partial charge in [-0.15, -0.1) is 11.3 Å². The zero-order chi connectivity index (χ0) is 12.0. The molecule has 0 amide bonds. The molecule has 82 valence electrons. The summed E-state index contributed by atoms with van der Waals surface area (Å²) in [6.45, 7) is 12.0. The average Bonchev–Trinajstić information content (AvgIpc) is 2.75. The van der Waals surface area contributed by atoms with Crippen LogP contribution >= 0.6 is 11.3 Å². The standard InChI is InChI=1S/C14H15NS/c1-11(2)13(4)7-5-12(3)6-8-14-9-16-10-15-14/h5,7,9-11H,3-4H2,1-2H3/b7-5-. The molecular formula is C14H15NS. The second kappa shape index (κ2) is 6.09. The highest BCUT2D eigenvalue weighted by atomic mass is 32.1. The Morgan fingerprint density at radius 3 is 2.75 bits per heavy atom. The predicted molar refractivity (Wildman–Crippen MR) is 71.3 cm³/mol. The smallest absolute Gasteiger partial charge is 0.124 e. The van der Waals surface area contributed by atoms with Gasteiger partial charge in [-0.1, -0.05) is 44.6 Å². The van der Waals surface area contributed by atoms with Crippen LogP contribution in [0.5, 0.6) is 0 Å². The fourth-order valence-electron chi connectivity index (χ4n) is 0.860. The van der Waals surface area contributed by atoms with E-state index in [1.165, 1.54) is 11.3 Å². The van der Waals surface area contributed by atoms with E-state index in [1.807, 2.05) is 17.5 Å². The van der Waals surface area contributed by atoms with Gasteiger partial charge >= 0.3 is 0 Å². The van der Waals surface area contributed by atoms with Crippen LogP contribution in [-0.2, 0) is 0 Å². The van der Waals surface area contributed by atoms with Crippen LogP contribution in [0.25, 0.3) is 0 Å². The number of aromatic nitrogens is 1. The van der Waals surface area contributed by atoms with Gasteiger partial charge in [0.25, 0.3) is 0 Å². The summed E-state index contributed by atoms with van der Waals surface area (Å²) in [7, 11) is 0. The van der Waals surface area contributed by atoms with E-state index >= 15 is 0 Å². The van der Waals surface area contributed by atoms with Crippen LogP contribution in [0, 0.1) is 17.8 Å². The van der Waals surface area contributed by atoms with Gasteiger partial charge in [0, 0.05) is 11.0 Å². The first kappa shape index (κ1) is 12.5. The van der Waals surface area contributed by atoms with E-state index in [0.29, 0.717) is 5.92 Å². The van der Waals surface area contributed by atoms with E-state index in [0.717, 1.165) is 16.8 Å². The Morgan fingerprint density at radius 1 is 1.44 bits per heavy atom. The number of rotatable bonds is 3. The molecule has 0 unspecified atom stereocenters. The lowest BCUT2D eigenvalue weighted by molar-refractivity contribution is 0.795. The van der Waals surface area contributed by atoms with Gasteiger partial charge in [-0.3, -0.25) is 0 Å². The van der Waals surface area contributed by atoms with E-state index in [-0.39, 0.29) is 0 Å². The molecule has 0 radical (unpaired) electrons. The number of thiazole rings is 1. The minimum atomic E-state index is 0.454. The van der Waals surface area contributed by atoms with Crippen LogP contribution in [0.1, 0.15) is 19.5 Å². The maximum Gasteiger partial charge on any atom is 0.124 e. The van der Waals surface area contributed by atoms with Crippen molar-refractivity contribution in [1.82, 2.24) is 4.98 Å². The molecule has 0 aromatic carbocycles. The van der Waals surface area contributed by atoms with Gasteiger partial charge in [0.15, 0.2) is 0 Å². The van der Waals surface area contributed by atoms with Crippen molar-refractivity contribution in [2.24, 2.45) is 5.92 Å². The molecule has 16 heavy (non-hydrogen) atoms. The molecule has 0 atom stereocenters. The highest BCUT2D eigenvalue weighted by molar-refractivity contribution is 7.07. The Balaban J connectivity index is 2.57. The highest BCUT2D eigenvalue weighted by Gasteiger charge is 1.94.